The summed E-state index contributed by atoms with van der Waals surface area (Å²) in [7, 11) is 0. The van der Waals surface area contributed by atoms with Gasteiger partial charge in [-0.05, 0) is 25.0 Å². The molecular formula is C12H16O3. The van der Waals surface area contributed by atoms with E-state index in [1.54, 1.807) is 6.92 Å². The monoisotopic (exact) mass is 208 g/mol. The van der Waals surface area contributed by atoms with Gasteiger partial charge in [0.1, 0.15) is 5.75 Å². The van der Waals surface area contributed by atoms with Gasteiger partial charge in [-0.1, -0.05) is 25.1 Å². The molecule has 0 saturated carbocycles. The van der Waals surface area contributed by atoms with E-state index in [4.69, 9.17) is 9.84 Å². The second kappa shape index (κ2) is 6.06. The summed E-state index contributed by atoms with van der Waals surface area (Å²) < 4.78 is 5.44. The Bertz CT molecular complexity index is 295. The molecule has 0 amide bonds. The van der Waals surface area contributed by atoms with Gasteiger partial charge in [0.25, 0.3) is 0 Å². The van der Waals surface area contributed by atoms with Crippen molar-refractivity contribution in [2.24, 2.45) is 5.92 Å². The second-order valence-corrected chi connectivity index (χ2v) is 3.54. The van der Waals surface area contributed by atoms with Gasteiger partial charge < -0.3 is 9.84 Å². The zero-order valence-electron chi connectivity index (χ0n) is 8.85. The summed E-state index contributed by atoms with van der Waals surface area (Å²) in [4.78, 5) is 10.5. The van der Waals surface area contributed by atoms with Gasteiger partial charge in [-0.25, -0.2) is 0 Å². The van der Waals surface area contributed by atoms with Crippen LogP contribution < -0.4 is 4.74 Å². The quantitative estimate of drug-likeness (QED) is 0.731. The van der Waals surface area contributed by atoms with Gasteiger partial charge >= 0.3 is 5.97 Å². The van der Waals surface area contributed by atoms with E-state index in [9.17, 15) is 4.79 Å². The Labute approximate surface area is 89.7 Å². The molecule has 3 heteroatoms. The van der Waals surface area contributed by atoms with E-state index in [-0.39, 0.29) is 5.92 Å². The Morgan fingerprint density at radius 3 is 2.67 bits per heavy atom. The minimum Gasteiger partial charge on any atom is -0.494 e. The number of carboxylic acids is 1. The van der Waals surface area contributed by atoms with Gasteiger partial charge in [0, 0.05) is 0 Å². The first-order valence-corrected chi connectivity index (χ1v) is 5.11. The predicted octanol–water partition coefficient (Wildman–Crippen LogP) is 2.57. The molecule has 0 radical (unpaired) electrons. The maximum atomic E-state index is 10.5. The van der Waals surface area contributed by atoms with Gasteiger partial charge in [0.15, 0.2) is 0 Å². The topological polar surface area (TPSA) is 46.5 Å². The summed E-state index contributed by atoms with van der Waals surface area (Å²) in [5.41, 5.74) is 0. The van der Waals surface area contributed by atoms with Crippen LogP contribution in [0.2, 0.25) is 0 Å². The van der Waals surface area contributed by atoms with Crippen LogP contribution >= 0.6 is 0 Å². The van der Waals surface area contributed by atoms with Crippen molar-refractivity contribution in [1.29, 1.82) is 0 Å². The van der Waals surface area contributed by atoms with Gasteiger partial charge in [0.2, 0.25) is 0 Å². The number of hydrogen-bond donors (Lipinski definition) is 1. The Morgan fingerprint density at radius 1 is 1.40 bits per heavy atom. The minimum absolute atomic E-state index is 0.288. The van der Waals surface area contributed by atoms with E-state index in [2.05, 4.69) is 0 Å². The van der Waals surface area contributed by atoms with E-state index in [0.717, 1.165) is 12.2 Å². The number of rotatable bonds is 6. The molecule has 0 aromatic heterocycles. The first-order chi connectivity index (χ1) is 7.20. The highest BCUT2D eigenvalue weighted by Gasteiger charge is 2.09. The summed E-state index contributed by atoms with van der Waals surface area (Å²) in [5.74, 6) is -0.195. The maximum absolute atomic E-state index is 10.5. The molecule has 0 aliphatic carbocycles. The van der Waals surface area contributed by atoms with Gasteiger partial charge in [-0.3, -0.25) is 4.79 Å². The zero-order chi connectivity index (χ0) is 11.1. The molecule has 1 aromatic rings. The molecule has 0 fully saturated rings. The molecule has 1 atom stereocenters. The fourth-order valence-electron chi connectivity index (χ4n) is 1.22. The summed E-state index contributed by atoms with van der Waals surface area (Å²) >= 11 is 0. The Balaban J connectivity index is 2.15. The van der Waals surface area contributed by atoms with Crippen molar-refractivity contribution < 1.29 is 14.6 Å². The molecule has 0 saturated heterocycles. The molecule has 0 aliphatic heterocycles. The number of carbonyl (C=O) groups is 1. The van der Waals surface area contributed by atoms with Crippen LogP contribution in [0.15, 0.2) is 30.3 Å². The molecule has 0 bridgehead atoms. The van der Waals surface area contributed by atoms with Crippen molar-refractivity contribution in [1.82, 2.24) is 0 Å². The average Bonchev–Trinajstić information content (AvgIpc) is 2.25. The number of aliphatic carboxylic acids is 1. The number of benzene rings is 1. The molecule has 0 heterocycles. The van der Waals surface area contributed by atoms with Crippen LogP contribution in [0.5, 0.6) is 5.75 Å². The third kappa shape index (κ3) is 4.49. The third-order valence-corrected chi connectivity index (χ3v) is 2.21. The van der Waals surface area contributed by atoms with Crippen LogP contribution in [0.1, 0.15) is 19.8 Å². The predicted molar refractivity (Wildman–Crippen MR) is 58.0 cm³/mol. The van der Waals surface area contributed by atoms with Gasteiger partial charge in [-0.2, -0.15) is 0 Å². The standard InChI is InChI=1S/C12H16O3/c1-10(12(13)14)6-5-9-15-11-7-3-2-4-8-11/h2-4,7-8,10H,5-6,9H2,1H3,(H,13,14). The lowest BCUT2D eigenvalue weighted by Crippen LogP contribution is -2.10. The van der Waals surface area contributed by atoms with Crippen molar-refractivity contribution in [2.45, 2.75) is 19.8 Å². The first-order valence-electron chi connectivity index (χ1n) is 5.11. The number of hydrogen-bond acceptors (Lipinski definition) is 2. The lowest BCUT2D eigenvalue weighted by Gasteiger charge is -2.07. The smallest absolute Gasteiger partial charge is 0.306 e. The first kappa shape index (κ1) is 11.6. The van der Waals surface area contributed by atoms with Crippen molar-refractivity contribution in [3.8, 4) is 5.75 Å². The molecule has 1 unspecified atom stereocenters. The molecule has 1 rings (SSSR count). The van der Waals surface area contributed by atoms with E-state index in [1.807, 2.05) is 30.3 Å². The fourth-order valence-corrected chi connectivity index (χ4v) is 1.22. The van der Waals surface area contributed by atoms with Gasteiger partial charge in [-0.15, -0.1) is 0 Å². The fraction of sp³-hybridized carbons (Fsp3) is 0.417. The lowest BCUT2D eigenvalue weighted by atomic mass is 10.1. The van der Waals surface area contributed by atoms with Crippen LogP contribution in [0.3, 0.4) is 0 Å². The Kier molecular flexibility index (Phi) is 4.68. The molecule has 3 nitrogen and oxygen atoms in total. The normalized spacial score (nSPS) is 12.1. The molecule has 1 aromatic carbocycles. The highest BCUT2D eigenvalue weighted by atomic mass is 16.5. The Morgan fingerprint density at radius 2 is 2.07 bits per heavy atom. The molecular weight excluding hydrogens is 192 g/mol. The molecule has 15 heavy (non-hydrogen) atoms. The van der Waals surface area contributed by atoms with Crippen LogP contribution in [0, 0.1) is 5.92 Å². The highest BCUT2D eigenvalue weighted by Crippen LogP contribution is 2.10. The summed E-state index contributed by atoms with van der Waals surface area (Å²) in [6.45, 7) is 2.28. The number of ether oxygens (including phenoxy) is 1. The van der Waals surface area contributed by atoms with Crippen molar-refractivity contribution in [3.05, 3.63) is 30.3 Å². The largest absolute Gasteiger partial charge is 0.494 e. The van der Waals surface area contributed by atoms with Crippen LogP contribution in [0.4, 0.5) is 0 Å². The maximum Gasteiger partial charge on any atom is 0.306 e. The van der Waals surface area contributed by atoms with Crippen LogP contribution in [-0.2, 0) is 4.79 Å². The van der Waals surface area contributed by atoms with E-state index >= 15 is 0 Å². The summed E-state index contributed by atoms with van der Waals surface area (Å²) in [6, 6.07) is 9.53. The van der Waals surface area contributed by atoms with Crippen LogP contribution in [0.25, 0.3) is 0 Å². The summed E-state index contributed by atoms with van der Waals surface area (Å²) in [5, 5.41) is 8.66. The highest BCUT2D eigenvalue weighted by molar-refractivity contribution is 5.69. The third-order valence-electron chi connectivity index (χ3n) is 2.21. The molecule has 82 valence electrons. The number of para-hydroxylation sites is 1. The van der Waals surface area contributed by atoms with E-state index in [1.165, 1.54) is 0 Å². The summed E-state index contributed by atoms with van der Waals surface area (Å²) in [6.07, 6.45) is 1.42. The molecule has 1 N–H and O–H groups in total. The van der Waals surface area contributed by atoms with Crippen LogP contribution in [-0.4, -0.2) is 17.7 Å². The molecule has 0 aliphatic rings. The van der Waals surface area contributed by atoms with Crippen molar-refractivity contribution in [2.75, 3.05) is 6.61 Å². The molecule has 0 spiro atoms. The zero-order valence-corrected chi connectivity index (χ0v) is 8.85. The van der Waals surface area contributed by atoms with E-state index < -0.39 is 5.97 Å². The average molecular weight is 208 g/mol. The van der Waals surface area contributed by atoms with E-state index in [0.29, 0.717) is 13.0 Å². The van der Waals surface area contributed by atoms with Gasteiger partial charge in [0.05, 0.1) is 12.5 Å². The van der Waals surface area contributed by atoms with Crippen molar-refractivity contribution >= 4 is 5.97 Å². The lowest BCUT2D eigenvalue weighted by molar-refractivity contribution is -0.141. The Hall–Kier alpha value is -1.51. The number of carboxylic acid groups (broad SMARTS) is 1. The van der Waals surface area contributed by atoms with Crippen molar-refractivity contribution in [3.63, 3.8) is 0 Å². The second-order valence-electron chi connectivity index (χ2n) is 3.54. The minimum atomic E-state index is -0.741. The SMILES string of the molecule is CC(CCCOc1ccccc1)C(=O)O.